The van der Waals surface area contributed by atoms with Crippen molar-refractivity contribution in [3.05, 3.63) is 21.9 Å². The van der Waals surface area contributed by atoms with E-state index in [1.807, 2.05) is 11.3 Å². The number of rotatable bonds is 4. The van der Waals surface area contributed by atoms with Crippen LogP contribution in [0.25, 0.3) is 0 Å². The Hall–Kier alpha value is -0.380. The highest BCUT2D eigenvalue weighted by Gasteiger charge is 2.29. The van der Waals surface area contributed by atoms with Crippen molar-refractivity contribution in [1.82, 2.24) is 10.2 Å². The van der Waals surface area contributed by atoms with E-state index < -0.39 is 0 Å². The van der Waals surface area contributed by atoms with Gasteiger partial charge in [0.2, 0.25) is 0 Å². The molecule has 2 rings (SSSR count). The fourth-order valence-electron chi connectivity index (χ4n) is 2.55. The van der Waals surface area contributed by atoms with Gasteiger partial charge in [0.25, 0.3) is 0 Å². The Morgan fingerprint density at radius 3 is 3.00 bits per heavy atom. The fourth-order valence-corrected chi connectivity index (χ4v) is 3.44. The van der Waals surface area contributed by atoms with Crippen molar-refractivity contribution in [2.75, 3.05) is 20.1 Å². The number of thiophene rings is 1. The second kappa shape index (κ2) is 5.09. The average Bonchev–Trinajstić information content (AvgIpc) is 2.74. The summed E-state index contributed by atoms with van der Waals surface area (Å²) in [5.41, 5.74) is 1.87. The van der Waals surface area contributed by atoms with Crippen LogP contribution < -0.4 is 5.32 Å². The Labute approximate surface area is 109 Å². The second-order valence-electron chi connectivity index (χ2n) is 5.83. The van der Waals surface area contributed by atoms with Gasteiger partial charge in [-0.05, 0) is 42.8 Å². The van der Waals surface area contributed by atoms with Crippen LogP contribution in [0.5, 0.6) is 0 Å². The van der Waals surface area contributed by atoms with Gasteiger partial charge < -0.3 is 5.32 Å². The van der Waals surface area contributed by atoms with E-state index in [-0.39, 0.29) is 0 Å². The van der Waals surface area contributed by atoms with Crippen LogP contribution in [0, 0.1) is 5.41 Å². The van der Waals surface area contributed by atoms with Crippen molar-refractivity contribution in [3.8, 4) is 0 Å². The zero-order chi connectivity index (χ0) is 12.5. The van der Waals surface area contributed by atoms with E-state index in [0.717, 1.165) is 6.54 Å². The molecule has 1 aliphatic rings. The molecule has 1 aliphatic heterocycles. The summed E-state index contributed by atoms with van der Waals surface area (Å²) in [6.07, 6.45) is 1.23. The number of hydrogen-bond donors (Lipinski definition) is 1. The number of nitrogens with one attached hydrogen (secondary N) is 1. The molecule has 1 aromatic heterocycles. The molecule has 0 saturated heterocycles. The summed E-state index contributed by atoms with van der Waals surface area (Å²) in [5.74, 6) is 0. The van der Waals surface area contributed by atoms with Gasteiger partial charge in [0.1, 0.15) is 0 Å². The molecule has 0 radical (unpaired) electrons. The number of hydrogen-bond acceptors (Lipinski definition) is 3. The van der Waals surface area contributed by atoms with Crippen molar-refractivity contribution in [3.63, 3.8) is 0 Å². The van der Waals surface area contributed by atoms with Gasteiger partial charge in [-0.2, -0.15) is 0 Å². The van der Waals surface area contributed by atoms with Gasteiger partial charge in [-0.15, -0.1) is 11.3 Å². The van der Waals surface area contributed by atoms with E-state index in [2.05, 4.69) is 49.5 Å². The van der Waals surface area contributed by atoms with Gasteiger partial charge in [-0.3, -0.25) is 4.90 Å². The molecular weight excluding hydrogens is 228 g/mol. The molecule has 1 aromatic rings. The first kappa shape index (κ1) is 13.1. The molecule has 0 spiro atoms. The predicted octanol–water partition coefficient (Wildman–Crippen LogP) is 2.74. The Bertz CT molecular complexity index is 370. The van der Waals surface area contributed by atoms with Crippen LogP contribution in [0.15, 0.2) is 11.4 Å². The van der Waals surface area contributed by atoms with Crippen LogP contribution in [-0.2, 0) is 13.0 Å². The van der Waals surface area contributed by atoms with Crippen molar-refractivity contribution in [1.29, 1.82) is 0 Å². The maximum atomic E-state index is 3.38. The molecule has 1 N–H and O–H groups in total. The van der Waals surface area contributed by atoms with Crippen LogP contribution in [0.1, 0.15) is 31.2 Å². The topological polar surface area (TPSA) is 15.3 Å². The maximum Gasteiger partial charge on any atom is 0.0245 e. The minimum Gasteiger partial charge on any atom is -0.317 e. The molecule has 0 aromatic carbocycles. The standard InChI is InChI=1S/C14H24N2S/c1-11(15-4)14(2,3)10-16-7-5-13-12(9-16)6-8-17-13/h6,8,11,15H,5,7,9-10H2,1-4H3. The van der Waals surface area contributed by atoms with Gasteiger partial charge in [0.05, 0.1) is 0 Å². The lowest BCUT2D eigenvalue weighted by atomic mass is 9.84. The lowest BCUT2D eigenvalue weighted by Gasteiger charge is -2.38. The van der Waals surface area contributed by atoms with Gasteiger partial charge in [-0.25, -0.2) is 0 Å². The first-order valence-electron chi connectivity index (χ1n) is 6.48. The SMILES string of the molecule is CNC(C)C(C)(C)CN1CCc2sccc2C1. The minimum absolute atomic E-state index is 0.322. The molecule has 3 heteroatoms. The minimum atomic E-state index is 0.322. The van der Waals surface area contributed by atoms with Crippen molar-refractivity contribution in [2.45, 2.75) is 39.8 Å². The molecule has 96 valence electrons. The summed E-state index contributed by atoms with van der Waals surface area (Å²) in [4.78, 5) is 4.20. The highest BCUT2D eigenvalue weighted by atomic mass is 32.1. The average molecular weight is 252 g/mol. The fraction of sp³-hybridized carbons (Fsp3) is 0.714. The normalized spacial score (nSPS) is 19.1. The van der Waals surface area contributed by atoms with Gasteiger partial charge >= 0.3 is 0 Å². The highest BCUT2D eigenvalue weighted by molar-refractivity contribution is 7.10. The van der Waals surface area contributed by atoms with Gasteiger partial charge in [0.15, 0.2) is 0 Å². The molecule has 1 atom stereocenters. The molecular formula is C14H24N2S. The number of fused-ring (bicyclic) bond motifs is 1. The van der Waals surface area contributed by atoms with E-state index in [4.69, 9.17) is 0 Å². The predicted molar refractivity (Wildman–Crippen MR) is 75.6 cm³/mol. The molecule has 0 amide bonds. The molecule has 1 unspecified atom stereocenters. The maximum absolute atomic E-state index is 3.38. The Kier molecular flexibility index (Phi) is 3.91. The van der Waals surface area contributed by atoms with E-state index in [9.17, 15) is 0 Å². The quantitative estimate of drug-likeness (QED) is 0.886. The summed E-state index contributed by atoms with van der Waals surface area (Å²) in [5, 5.41) is 5.62. The summed E-state index contributed by atoms with van der Waals surface area (Å²) in [6, 6.07) is 2.84. The first-order valence-corrected chi connectivity index (χ1v) is 7.36. The van der Waals surface area contributed by atoms with Crippen LogP contribution in [-0.4, -0.2) is 31.1 Å². The zero-order valence-electron chi connectivity index (χ0n) is 11.4. The van der Waals surface area contributed by atoms with Crippen LogP contribution in [0.4, 0.5) is 0 Å². The van der Waals surface area contributed by atoms with Gasteiger partial charge in [-0.1, -0.05) is 13.8 Å². The zero-order valence-corrected chi connectivity index (χ0v) is 12.2. The monoisotopic (exact) mass is 252 g/mol. The van der Waals surface area contributed by atoms with Crippen LogP contribution >= 0.6 is 11.3 Å². The third-order valence-corrected chi connectivity index (χ3v) is 5.15. The Balaban J connectivity index is 1.98. The van der Waals surface area contributed by atoms with E-state index >= 15 is 0 Å². The van der Waals surface area contributed by atoms with E-state index in [1.165, 1.54) is 19.5 Å². The second-order valence-corrected chi connectivity index (χ2v) is 6.83. The van der Waals surface area contributed by atoms with Crippen LogP contribution in [0.3, 0.4) is 0 Å². The summed E-state index contributed by atoms with van der Waals surface area (Å²) < 4.78 is 0. The van der Waals surface area contributed by atoms with Crippen LogP contribution in [0.2, 0.25) is 0 Å². The third kappa shape index (κ3) is 2.90. The Morgan fingerprint density at radius 2 is 2.29 bits per heavy atom. The molecule has 0 bridgehead atoms. The summed E-state index contributed by atoms with van der Waals surface area (Å²) >= 11 is 1.92. The first-order chi connectivity index (χ1) is 8.03. The highest BCUT2D eigenvalue weighted by Crippen LogP contribution is 2.28. The van der Waals surface area contributed by atoms with Gasteiger partial charge in [0, 0.05) is 30.6 Å². The molecule has 0 fully saturated rings. The Morgan fingerprint density at radius 1 is 1.53 bits per heavy atom. The van der Waals surface area contributed by atoms with E-state index in [0.29, 0.717) is 11.5 Å². The lowest BCUT2D eigenvalue weighted by molar-refractivity contribution is 0.136. The molecule has 2 nitrogen and oxygen atoms in total. The smallest absolute Gasteiger partial charge is 0.0245 e. The number of nitrogens with zero attached hydrogens (tertiary/aromatic N) is 1. The molecule has 0 saturated carbocycles. The molecule has 2 heterocycles. The summed E-state index contributed by atoms with van der Waals surface area (Å²) in [6.45, 7) is 10.5. The van der Waals surface area contributed by atoms with E-state index in [1.54, 1.807) is 10.4 Å². The molecule has 17 heavy (non-hydrogen) atoms. The van der Waals surface area contributed by atoms with Crippen molar-refractivity contribution >= 4 is 11.3 Å². The van der Waals surface area contributed by atoms with Crippen molar-refractivity contribution < 1.29 is 0 Å². The summed E-state index contributed by atoms with van der Waals surface area (Å²) in [7, 11) is 2.06. The lowest BCUT2D eigenvalue weighted by Crippen LogP contribution is -2.46. The van der Waals surface area contributed by atoms with Crippen molar-refractivity contribution in [2.24, 2.45) is 5.41 Å². The third-order valence-electron chi connectivity index (χ3n) is 4.12. The largest absolute Gasteiger partial charge is 0.317 e. The molecule has 0 aliphatic carbocycles.